The number of carboxylic acids is 1. The molecule has 0 radical (unpaired) electrons. The molecule has 5 nitrogen and oxygen atoms in total. The molecule has 1 amide bonds. The Balaban J connectivity index is 2.10. The van der Waals surface area contributed by atoms with Gasteiger partial charge in [-0.2, -0.15) is 0 Å². The molecule has 22 heavy (non-hydrogen) atoms. The number of nitrogens with one attached hydrogen (secondary N) is 1. The van der Waals surface area contributed by atoms with Crippen molar-refractivity contribution in [1.82, 2.24) is 0 Å². The smallest absolute Gasteiger partial charge is 0.310 e. The van der Waals surface area contributed by atoms with E-state index >= 15 is 0 Å². The molecule has 7 heteroatoms. The van der Waals surface area contributed by atoms with E-state index < -0.39 is 46.8 Å². The average molecular weight is 311 g/mol. The van der Waals surface area contributed by atoms with Crippen molar-refractivity contribution in [2.24, 2.45) is 5.41 Å². The molecule has 1 saturated carbocycles. The summed E-state index contributed by atoms with van der Waals surface area (Å²) in [5.41, 5.74) is -1.96. The lowest BCUT2D eigenvalue weighted by Crippen LogP contribution is -2.35. The van der Waals surface area contributed by atoms with Crippen LogP contribution < -0.4 is 5.32 Å². The molecule has 2 N–H and O–H groups in total. The number of carbonyl (C=O) groups is 3. The molecule has 1 aliphatic rings. The van der Waals surface area contributed by atoms with Gasteiger partial charge in [0.05, 0.1) is 5.41 Å². The highest BCUT2D eigenvalue weighted by atomic mass is 19.1. The largest absolute Gasteiger partial charge is 0.481 e. The number of carbonyl (C=O) groups excluding carboxylic acids is 2. The highest BCUT2D eigenvalue weighted by Gasteiger charge is 2.44. The fourth-order valence-electron chi connectivity index (χ4n) is 2.71. The summed E-state index contributed by atoms with van der Waals surface area (Å²) in [5.74, 6) is -5.34. The topological polar surface area (TPSA) is 83.5 Å². The number of carboxylic acid groups (broad SMARTS) is 1. The van der Waals surface area contributed by atoms with Gasteiger partial charge in [-0.3, -0.25) is 14.4 Å². The van der Waals surface area contributed by atoms with Crippen molar-refractivity contribution < 1.29 is 28.3 Å². The van der Waals surface area contributed by atoms with Gasteiger partial charge >= 0.3 is 5.97 Å². The van der Waals surface area contributed by atoms with Crippen molar-refractivity contribution in [3.05, 3.63) is 29.8 Å². The van der Waals surface area contributed by atoms with Crippen molar-refractivity contribution in [2.45, 2.75) is 32.1 Å². The first-order valence-corrected chi connectivity index (χ1v) is 6.87. The van der Waals surface area contributed by atoms with E-state index in [1.165, 1.54) is 0 Å². The van der Waals surface area contributed by atoms with E-state index in [1.807, 2.05) is 5.32 Å². The number of rotatable bonds is 5. The minimum atomic E-state index is -1.25. The minimum absolute atomic E-state index is 0.315. The summed E-state index contributed by atoms with van der Waals surface area (Å²) in [6.45, 7) is 0. The zero-order valence-electron chi connectivity index (χ0n) is 11.7. The Bertz CT molecular complexity index is 604. The third-order valence-corrected chi connectivity index (χ3v) is 3.97. The lowest BCUT2D eigenvalue weighted by Gasteiger charge is -2.22. The summed E-state index contributed by atoms with van der Waals surface area (Å²) in [7, 11) is 0. The van der Waals surface area contributed by atoms with E-state index in [4.69, 9.17) is 0 Å². The SMILES string of the molecule is O=C(CC1(C(=O)O)CCCC1)C(=O)Nc1c(F)cccc1F. The number of halogens is 2. The number of aliphatic carboxylic acids is 1. The number of benzene rings is 1. The highest BCUT2D eigenvalue weighted by molar-refractivity contribution is 6.41. The molecule has 1 fully saturated rings. The molecule has 118 valence electrons. The number of hydrogen-bond donors (Lipinski definition) is 2. The maximum atomic E-state index is 13.4. The second-order valence-electron chi connectivity index (χ2n) is 5.44. The summed E-state index contributed by atoms with van der Waals surface area (Å²) < 4.78 is 26.8. The second kappa shape index (κ2) is 6.21. The molecule has 1 aromatic carbocycles. The van der Waals surface area contributed by atoms with Crippen LogP contribution in [0.1, 0.15) is 32.1 Å². The molecule has 0 atom stereocenters. The van der Waals surface area contributed by atoms with Crippen molar-refractivity contribution in [1.29, 1.82) is 0 Å². The highest BCUT2D eigenvalue weighted by Crippen LogP contribution is 2.41. The first-order valence-electron chi connectivity index (χ1n) is 6.87. The maximum absolute atomic E-state index is 13.4. The van der Waals surface area contributed by atoms with Gasteiger partial charge in [-0.15, -0.1) is 0 Å². The fourth-order valence-corrected chi connectivity index (χ4v) is 2.71. The molecule has 0 aromatic heterocycles. The summed E-state index contributed by atoms with van der Waals surface area (Å²) in [6.07, 6.45) is 1.50. The minimum Gasteiger partial charge on any atom is -0.481 e. The van der Waals surface area contributed by atoms with Gasteiger partial charge in [-0.25, -0.2) is 8.78 Å². The Kier molecular flexibility index (Phi) is 4.54. The summed E-state index contributed by atoms with van der Waals surface area (Å²) in [4.78, 5) is 35.0. The maximum Gasteiger partial charge on any atom is 0.310 e. The van der Waals surface area contributed by atoms with E-state index in [9.17, 15) is 28.3 Å². The van der Waals surface area contributed by atoms with Gasteiger partial charge in [0, 0.05) is 6.42 Å². The number of amides is 1. The van der Waals surface area contributed by atoms with E-state index in [2.05, 4.69) is 0 Å². The van der Waals surface area contributed by atoms with Gasteiger partial charge in [0.25, 0.3) is 5.91 Å². The van der Waals surface area contributed by atoms with E-state index in [0.717, 1.165) is 18.2 Å². The average Bonchev–Trinajstić information content (AvgIpc) is 2.92. The Morgan fingerprint density at radius 2 is 1.68 bits per heavy atom. The van der Waals surface area contributed by atoms with Gasteiger partial charge < -0.3 is 10.4 Å². The normalized spacial score (nSPS) is 16.3. The Hall–Kier alpha value is -2.31. The monoisotopic (exact) mass is 311 g/mol. The number of para-hydroxylation sites is 1. The zero-order valence-corrected chi connectivity index (χ0v) is 11.7. The van der Waals surface area contributed by atoms with E-state index in [1.54, 1.807) is 0 Å². The molecular formula is C15H15F2NO4. The van der Waals surface area contributed by atoms with Crippen LogP contribution in [0, 0.1) is 17.0 Å². The number of anilines is 1. The molecule has 0 bridgehead atoms. The van der Waals surface area contributed by atoms with Crippen molar-refractivity contribution in [2.75, 3.05) is 5.32 Å². The van der Waals surface area contributed by atoms with Crippen LogP contribution >= 0.6 is 0 Å². The number of hydrogen-bond acceptors (Lipinski definition) is 3. The molecule has 1 aromatic rings. The molecule has 0 saturated heterocycles. The molecular weight excluding hydrogens is 296 g/mol. The number of ketones is 1. The summed E-state index contributed by atoms with van der Waals surface area (Å²) >= 11 is 0. The predicted molar refractivity (Wildman–Crippen MR) is 73.1 cm³/mol. The molecule has 0 aliphatic heterocycles. The zero-order chi connectivity index (χ0) is 16.3. The van der Waals surface area contributed by atoms with Gasteiger partial charge in [0.15, 0.2) is 0 Å². The number of Topliss-reactive ketones (excluding diaryl/α,β-unsaturated/α-hetero) is 1. The van der Waals surface area contributed by atoms with E-state index in [0.29, 0.717) is 25.7 Å². The van der Waals surface area contributed by atoms with Crippen LogP contribution in [-0.4, -0.2) is 22.8 Å². The molecule has 2 rings (SSSR count). The first-order chi connectivity index (χ1) is 10.4. The third-order valence-electron chi connectivity index (χ3n) is 3.97. The lowest BCUT2D eigenvalue weighted by atomic mass is 9.81. The van der Waals surface area contributed by atoms with Crippen molar-refractivity contribution in [3.8, 4) is 0 Å². The summed E-state index contributed by atoms with van der Waals surface area (Å²) in [5, 5.41) is 11.1. The molecule has 0 heterocycles. The van der Waals surface area contributed by atoms with Crippen LogP contribution in [0.15, 0.2) is 18.2 Å². The molecule has 0 unspecified atom stereocenters. The first kappa shape index (κ1) is 16.1. The van der Waals surface area contributed by atoms with Crippen LogP contribution in [0.3, 0.4) is 0 Å². The predicted octanol–water partition coefficient (Wildman–Crippen LogP) is 2.51. The third kappa shape index (κ3) is 3.13. The van der Waals surface area contributed by atoms with E-state index in [-0.39, 0.29) is 0 Å². The Labute approximate surface area is 125 Å². The fraction of sp³-hybridized carbons (Fsp3) is 0.400. The lowest BCUT2D eigenvalue weighted by molar-refractivity contribution is -0.151. The standard InChI is InChI=1S/C15H15F2NO4/c16-9-4-3-5-10(17)12(9)18-13(20)11(19)8-15(14(21)22)6-1-2-7-15/h3-5H,1-2,6-8H2,(H,18,20)(H,21,22). The van der Waals surface area contributed by atoms with Crippen LogP contribution in [-0.2, 0) is 14.4 Å². The molecule has 0 spiro atoms. The van der Waals surface area contributed by atoms with Gasteiger partial charge in [-0.05, 0) is 25.0 Å². The quantitative estimate of drug-likeness (QED) is 0.818. The Morgan fingerprint density at radius 1 is 1.14 bits per heavy atom. The van der Waals surface area contributed by atoms with Crippen LogP contribution in [0.4, 0.5) is 14.5 Å². The van der Waals surface area contributed by atoms with Crippen molar-refractivity contribution in [3.63, 3.8) is 0 Å². The van der Waals surface area contributed by atoms with Gasteiger partial charge in [0.2, 0.25) is 5.78 Å². The summed E-state index contributed by atoms with van der Waals surface area (Å²) in [6, 6.07) is 3.01. The van der Waals surface area contributed by atoms with Crippen LogP contribution in [0.2, 0.25) is 0 Å². The molecule has 1 aliphatic carbocycles. The Morgan fingerprint density at radius 3 is 2.18 bits per heavy atom. The van der Waals surface area contributed by atoms with Crippen molar-refractivity contribution >= 4 is 23.3 Å². The van der Waals surface area contributed by atoms with Gasteiger partial charge in [-0.1, -0.05) is 18.9 Å². The van der Waals surface area contributed by atoms with Crippen LogP contribution in [0.25, 0.3) is 0 Å². The van der Waals surface area contributed by atoms with Crippen LogP contribution in [0.5, 0.6) is 0 Å². The van der Waals surface area contributed by atoms with Gasteiger partial charge in [0.1, 0.15) is 17.3 Å². The second-order valence-corrected chi connectivity index (χ2v) is 5.44.